The van der Waals surface area contributed by atoms with E-state index in [-0.39, 0.29) is 6.10 Å². The van der Waals surface area contributed by atoms with Crippen molar-refractivity contribution in [1.29, 1.82) is 0 Å². The molecular weight excluding hydrogens is 258 g/mol. The summed E-state index contributed by atoms with van der Waals surface area (Å²) in [6.07, 6.45) is 6.26. The Bertz CT molecular complexity index is 599. The summed E-state index contributed by atoms with van der Waals surface area (Å²) in [5, 5.41) is 11.8. The van der Waals surface area contributed by atoms with Crippen molar-refractivity contribution in [3.05, 3.63) is 42.1 Å². The lowest BCUT2D eigenvalue weighted by atomic mass is 9.74. The number of aromatic nitrogens is 1. The van der Waals surface area contributed by atoms with Gasteiger partial charge in [0.25, 0.3) is 0 Å². The smallest absolute Gasteiger partial charge is 0.0833 e. The van der Waals surface area contributed by atoms with Gasteiger partial charge in [-0.15, -0.1) is 0 Å². The maximum absolute atomic E-state index is 10.7. The number of pyridine rings is 1. The van der Waals surface area contributed by atoms with Crippen molar-refractivity contribution in [2.45, 2.75) is 45.6 Å². The van der Waals surface area contributed by atoms with Gasteiger partial charge in [0.05, 0.1) is 11.6 Å². The molecule has 0 spiro atoms. The standard InChI is InChI=1S/C19H25NO/c1-13(2)14-7-9-15(10-8-14)19(21)17-11-16-5-3-4-6-18(16)20-12-17/h3-6,11-15,19,21H,7-10H2,1-2H3. The highest BCUT2D eigenvalue weighted by atomic mass is 16.3. The first kappa shape index (κ1) is 14.5. The van der Waals surface area contributed by atoms with Gasteiger partial charge in [-0.2, -0.15) is 0 Å². The van der Waals surface area contributed by atoms with Crippen LogP contribution in [0.25, 0.3) is 10.9 Å². The Hall–Kier alpha value is -1.41. The molecule has 1 atom stereocenters. The minimum Gasteiger partial charge on any atom is -0.388 e. The second kappa shape index (κ2) is 6.15. The summed E-state index contributed by atoms with van der Waals surface area (Å²) >= 11 is 0. The maximum atomic E-state index is 10.7. The van der Waals surface area contributed by atoms with E-state index < -0.39 is 0 Å². The van der Waals surface area contributed by atoms with Gasteiger partial charge in [-0.3, -0.25) is 4.98 Å². The van der Waals surface area contributed by atoms with Crippen LogP contribution in [0.3, 0.4) is 0 Å². The van der Waals surface area contributed by atoms with E-state index >= 15 is 0 Å². The van der Waals surface area contributed by atoms with E-state index in [1.807, 2.05) is 24.4 Å². The predicted molar refractivity (Wildman–Crippen MR) is 87.0 cm³/mol. The fraction of sp³-hybridized carbons (Fsp3) is 0.526. The molecule has 2 aromatic rings. The molecule has 21 heavy (non-hydrogen) atoms. The molecule has 1 heterocycles. The molecule has 1 fully saturated rings. The van der Waals surface area contributed by atoms with Gasteiger partial charge in [-0.1, -0.05) is 32.0 Å². The molecule has 1 aliphatic rings. The van der Waals surface area contributed by atoms with E-state index in [1.54, 1.807) is 0 Å². The van der Waals surface area contributed by atoms with E-state index in [1.165, 1.54) is 12.8 Å². The molecule has 1 aromatic carbocycles. The Balaban J connectivity index is 1.73. The minimum atomic E-state index is -0.366. The number of hydrogen-bond donors (Lipinski definition) is 1. The topological polar surface area (TPSA) is 33.1 Å². The third-order valence-corrected chi connectivity index (χ3v) is 5.16. The van der Waals surface area contributed by atoms with Crippen molar-refractivity contribution < 1.29 is 5.11 Å². The highest BCUT2D eigenvalue weighted by molar-refractivity contribution is 5.78. The molecule has 1 unspecified atom stereocenters. The molecule has 112 valence electrons. The third kappa shape index (κ3) is 3.11. The zero-order valence-corrected chi connectivity index (χ0v) is 13.0. The van der Waals surface area contributed by atoms with Gasteiger partial charge in [0.15, 0.2) is 0 Å². The van der Waals surface area contributed by atoms with Crippen LogP contribution in [0.1, 0.15) is 51.2 Å². The fourth-order valence-electron chi connectivity index (χ4n) is 3.65. The second-order valence-electron chi connectivity index (χ2n) is 6.83. The number of nitrogens with zero attached hydrogens (tertiary/aromatic N) is 1. The average molecular weight is 283 g/mol. The van der Waals surface area contributed by atoms with E-state index in [0.29, 0.717) is 5.92 Å². The summed E-state index contributed by atoms with van der Waals surface area (Å²) in [7, 11) is 0. The number of aliphatic hydroxyl groups excluding tert-OH is 1. The molecule has 0 aliphatic heterocycles. The van der Waals surface area contributed by atoms with Crippen LogP contribution in [0.4, 0.5) is 0 Å². The van der Waals surface area contributed by atoms with E-state index in [9.17, 15) is 5.11 Å². The zero-order valence-electron chi connectivity index (χ0n) is 13.0. The average Bonchev–Trinajstić information content (AvgIpc) is 2.54. The summed E-state index contributed by atoms with van der Waals surface area (Å²) < 4.78 is 0. The lowest BCUT2D eigenvalue weighted by molar-refractivity contribution is 0.0667. The first-order valence-electron chi connectivity index (χ1n) is 8.18. The van der Waals surface area contributed by atoms with Crippen molar-refractivity contribution in [2.24, 2.45) is 17.8 Å². The third-order valence-electron chi connectivity index (χ3n) is 5.16. The van der Waals surface area contributed by atoms with E-state index in [4.69, 9.17) is 0 Å². The molecule has 1 aliphatic carbocycles. The van der Waals surface area contributed by atoms with Gasteiger partial charge in [0, 0.05) is 11.6 Å². The Morgan fingerprint density at radius 2 is 1.71 bits per heavy atom. The van der Waals surface area contributed by atoms with Gasteiger partial charge in [-0.25, -0.2) is 0 Å². The van der Waals surface area contributed by atoms with Crippen LogP contribution in [0.2, 0.25) is 0 Å². The lowest BCUT2D eigenvalue weighted by Crippen LogP contribution is -2.23. The maximum Gasteiger partial charge on any atom is 0.0833 e. The molecular formula is C19H25NO. The van der Waals surface area contributed by atoms with Crippen molar-refractivity contribution in [1.82, 2.24) is 4.98 Å². The fourth-order valence-corrected chi connectivity index (χ4v) is 3.65. The number of hydrogen-bond acceptors (Lipinski definition) is 2. The normalized spacial score (nSPS) is 24.4. The number of rotatable bonds is 3. The summed E-state index contributed by atoms with van der Waals surface area (Å²) in [6, 6.07) is 10.2. The zero-order chi connectivity index (χ0) is 14.8. The molecule has 2 heteroatoms. The van der Waals surface area contributed by atoms with Crippen LogP contribution >= 0.6 is 0 Å². The highest BCUT2D eigenvalue weighted by Gasteiger charge is 2.28. The molecule has 1 aromatic heterocycles. The van der Waals surface area contributed by atoms with Crippen molar-refractivity contribution >= 4 is 10.9 Å². The highest BCUT2D eigenvalue weighted by Crippen LogP contribution is 2.39. The Morgan fingerprint density at radius 3 is 2.43 bits per heavy atom. The van der Waals surface area contributed by atoms with Crippen LogP contribution in [0.15, 0.2) is 36.5 Å². The van der Waals surface area contributed by atoms with Crippen LogP contribution < -0.4 is 0 Å². The SMILES string of the molecule is CC(C)C1CCC(C(O)c2cnc3ccccc3c2)CC1. The van der Waals surface area contributed by atoms with Gasteiger partial charge >= 0.3 is 0 Å². The Labute approximate surface area is 127 Å². The molecule has 1 N–H and O–H groups in total. The first-order valence-corrected chi connectivity index (χ1v) is 8.18. The molecule has 0 amide bonds. The molecule has 0 bridgehead atoms. The van der Waals surface area contributed by atoms with Crippen molar-refractivity contribution in [2.75, 3.05) is 0 Å². The van der Waals surface area contributed by atoms with Gasteiger partial charge < -0.3 is 5.11 Å². The lowest BCUT2D eigenvalue weighted by Gasteiger charge is -2.33. The number of benzene rings is 1. The quantitative estimate of drug-likeness (QED) is 0.883. The van der Waals surface area contributed by atoms with E-state index in [2.05, 4.69) is 31.0 Å². The molecule has 2 nitrogen and oxygen atoms in total. The summed E-state index contributed by atoms with van der Waals surface area (Å²) in [5.74, 6) is 2.00. The molecule has 0 radical (unpaired) electrons. The van der Waals surface area contributed by atoms with Crippen molar-refractivity contribution in [3.8, 4) is 0 Å². The van der Waals surface area contributed by atoms with Crippen molar-refractivity contribution in [3.63, 3.8) is 0 Å². The Kier molecular flexibility index (Phi) is 4.25. The predicted octanol–water partition coefficient (Wildman–Crippen LogP) is 4.73. The van der Waals surface area contributed by atoms with Gasteiger partial charge in [-0.05, 0) is 61.1 Å². The summed E-state index contributed by atoms with van der Waals surface area (Å²) in [4.78, 5) is 4.48. The first-order chi connectivity index (χ1) is 10.1. The Morgan fingerprint density at radius 1 is 1.05 bits per heavy atom. The van der Waals surface area contributed by atoms with Crippen LogP contribution in [0.5, 0.6) is 0 Å². The van der Waals surface area contributed by atoms with Crippen LogP contribution in [-0.4, -0.2) is 10.1 Å². The van der Waals surface area contributed by atoms with E-state index in [0.717, 1.165) is 41.1 Å². The monoisotopic (exact) mass is 283 g/mol. The van der Waals surface area contributed by atoms with Crippen LogP contribution in [0, 0.1) is 17.8 Å². The van der Waals surface area contributed by atoms with Crippen LogP contribution in [-0.2, 0) is 0 Å². The number of para-hydroxylation sites is 1. The molecule has 3 rings (SSSR count). The minimum absolute atomic E-state index is 0.366. The molecule has 1 saturated carbocycles. The summed E-state index contributed by atoms with van der Waals surface area (Å²) in [6.45, 7) is 4.63. The second-order valence-corrected chi connectivity index (χ2v) is 6.83. The molecule has 0 saturated heterocycles. The number of aliphatic hydroxyl groups is 1. The van der Waals surface area contributed by atoms with Gasteiger partial charge in [0.1, 0.15) is 0 Å². The number of fused-ring (bicyclic) bond motifs is 1. The summed E-state index contributed by atoms with van der Waals surface area (Å²) in [5.41, 5.74) is 1.97. The van der Waals surface area contributed by atoms with Gasteiger partial charge in [0.2, 0.25) is 0 Å². The largest absolute Gasteiger partial charge is 0.388 e.